The predicted octanol–water partition coefficient (Wildman–Crippen LogP) is 3.28. The first-order chi connectivity index (χ1) is 16.7. The lowest BCUT2D eigenvalue weighted by molar-refractivity contribution is -0.131. The fourth-order valence-corrected chi connectivity index (χ4v) is 6.02. The molecule has 3 heterocycles. The Morgan fingerprint density at radius 3 is 2.50 bits per heavy atom. The molecule has 3 aromatic rings. The van der Waals surface area contributed by atoms with Gasteiger partial charge in [-0.05, 0) is 43.5 Å². The van der Waals surface area contributed by atoms with Gasteiger partial charge >= 0.3 is 0 Å². The van der Waals surface area contributed by atoms with E-state index in [4.69, 9.17) is 4.98 Å². The minimum Gasteiger partial charge on any atom is -0.372 e. The number of rotatable bonds is 6. The minimum atomic E-state index is -0.453. The molecule has 2 aliphatic rings. The third-order valence-electron chi connectivity index (χ3n) is 6.67. The van der Waals surface area contributed by atoms with E-state index in [1.165, 1.54) is 24.6 Å². The van der Waals surface area contributed by atoms with Crippen molar-refractivity contribution in [1.82, 2.24) is 19.8 Å². The van der Waals surface area contributed by atoms with Gasteiger partial charge in [-0.1, -0.05) is 42.1 Å². The van der Waals surface area contributed by atoms with Crippen molar-refractivity contribution < 1.29 is 4.79 Å². The topological polar surface area (TPSA) is 70.5 Å². The van der Waals surface area contributed by atoms with Crippen LogP contribution < -0.4 is 15.8 Å². The van der Waals surface area contributed by atoms with Crippen LogP contribution in [-0.4, -0.2) is 59.6 Å². The van der Waals surface area contributed by atoms with E-state index < -0.39 is 5.25 Å². The maximum Gasteiger partial charge on any atom is 0.262 e. The number of fused-ring (bicyclic) bond motifs is 1. The highest BCUT2D eigenvalue weighted by molar-refractivity contribution is 8.00. The molecule has 1 amide bonds. The monoisotopic (exact) mass is 477 g/mol. The van der Waals surface area contributed by atoms with Gasteiger partial charge in [0.25, 0.3) is 5.56 Å². The molecule has 1 aromatic heterocycles. The van der Waals surface area contributed by atoms with Crippen LogP contribution in [0.5, 0.6) is 0 Å². The number of amides is 1. The van der Waals surface area contributed by atoms with Gasteiger partial charge < -0.3 is 15.1 Å². The summed E-state index contributed by atoms with van der Waals surface area (Å²) in [5, 5.41) is 4.08. The summed E-state index contributed by atoms with van der Waals surface area (Å²) in [5.74, 6) is 0.0686. The summed E-state index contributed by atoms with van der Waals surface area (Å²) in [5.41, 5.74) is 2.65. The Hall–Kier alpha value is -2.84. The summed E-state index contributed by atoms with van der Waals surface area (Å²) in [7, 11) is 0. The number of nitrogens with zero attached hydrogens (tertiary/aromatic N) is 4. The third-order valence-corrected chi connectivity index (χ3v) is 7.90. The second kappa shape index (κ2) is 10.2. The van der Waals surface area contributed by atoms with E-state index >= 15 is 0 Å². The van der Waals surface area contributed by atoms with E-state index in [0.29, 0.717) is 35.7 Å². The highest BCUT2D eigenvalue weighted by atomic mass is 32.2. The maximum absolute atomic E-state index is 13.6. The summed E-state index contributed by atoms with van der Waals surface area (Å²) < 4.78 is 1.71. The Balaban J connectivity index is 1.53. The van der Waals surface area contributed by atoms with Gasteiger partial charge in [0.1, 0.15) is 5.25 Å². The molecule has 34 heavy (non-hydrogen) atoms. The van der Waals surface area contributed by atoms with E-state index in [9.17, 15) is 9.59 Å². The van der Waals surface area contributed by atoms with E-state index in [2.05, 4.69) is 16.3 Å². The molecule has 1 unspecified atom stereocenters. The molecule has 2 aliphatic heterocycles. The van der Waals surface area contributed by atoms with Gasteiger partial charge in [0.2, 0.25) is 5.91 Å². The summed E-state index contributed by atoms with van der Waals surface area (Å²) in [6, 6.07) is 15.8. The molecule has 5 rings (SSSR count). The van der Waals surface area contributed by atoms with Crippen LogP contribution in [0.25, 0.3) is 10.9 Å². The summed E-state index contributed by atoms with van der Waals surface area (Å²) in [6.45, 7) is 7.49. The second-order valence-corrected chi connectivity index (χ2v) is 9.90. The van der Waals surface area contributed by atoms with Crippen LogP contribution >= 0.6 is 11.8 Å². The van der Waals surface area contributed by atoms with Crippen LogP contribution in [0.15, 0.2) is 58.5 Å². The van der Waals surface area contributed by atoms with Crippen molar-refractivity contribution in [2.24, 2.45) is 0 Å². The van der Waals surface area contributed by atoms with Crippen molar-refractivity contribution >= 4 is 34.3 Å². The Kier molecular flexibility index (Phi) is 6.87. The van der Waals surface area contributed by atoms with Crippen LogP contribution in [0.2, 0.25) is 0 Å². The first kappa shape index (κ1) is 22.9. The van der Waals surface area contributed by atoms with E-state index in [0.717, 1.165) is 37.4 Å². The largest absolute Gasteiger partial charge is 0.372 e. The van der Waals surface area contributed by atoms with Crippen molar-refractivity contribution in [1.29, 1.82) is 0 Å². The molecule has 8 heteroatoms. The highest BCUT2D eigenvalue weighted by Crippen LogP contribution is 2.36. The van der Waals surface area contributed by atoms with Gasteiger partial charge in [-0.2, -0.15) is 0 Å². The van der Waals surface area contributed by atoms with Crippen LogP contribution in [0.1, 0.15) is 30.6 Å². The van der Waals surface area contributed by atoms with E-state index in [-0.39, 0.29) is 11.5 Å². The molecule has 178 valence electrons. The molecule has 2 fully saturated rings. The maximum atomic E-state index is 13.6. The molecule has 0 aliphatic carbocycles. The van der Waals surface area contributed by atoms with Crippen LogP contribution in [0, 0.1) is 0 Å². The molecule has 2 aromatic carbocycles. The Morgan fingerprint density at radius 1 is 1.06 bits per heavy atom. The molecule has 1 atom stereocenters. The van der Waals surface area contributed by atoms with Crippen molar-refractivity contribution in [3.05, 3.63) is 64.4 Å². The molecule has 0 saturated carbocycles. The fourth-order valence-electron chi connectivity index (χ4n) is 4.77. The van der Waals surface area contributed by atoms with Crippen LogP contribution in [0.3, 0.4) is 0 Å². The van der Waals surface area contributed by atoms with Gasteiger partial charge in [-0.3, -0.25) is 14.2 Å². The lowest BCUT2D eigenvalue weighted by Gasteiger charge is -2.31. The number of aromatic nitrogens is 2. The van der Waals surface area contributed by atoms with Crippen LogP contribution in [0.4, 0.5) is 5.69 Å². The first-order valence-electron chi connectivity index (χ1n) is 12.2. The smallest absolute Gasteiger partial charge is 0.262 e. The SMILES string of the molecule is CCn1c(SC(C(=O)N2CCNCC2)c2ccccc2)nc2ccc(N3CCCC3)cc2c1=O. The minimum absolute atomic E-state index is 0.0440. The molecule has 2 saturated heterocycles. The van der Waals surface area contributed by atoms with Crippen LogP contribution in [-0.2, 0) is 11.3 Å². The van der Waals surface area contributed by atoms with Gasteiger partial charge in [-0.15, -0.1) is 0 Å². The Morgan fingerprint density at radius 2 is 1.79 bits per heavy atom. The van der Waals surface area contributed by atoms with E-state index in [1.54, 1.807) is 4.57 Å². The molecule has 7 nitrogen and oxygen atoms in total. The lowest BCUT2D eigenvalue weighted by Crippen LogP contribution is -2.47. The number of carbonyl (C=O) groups excluding carboxylic acids is 1. The number of hydrogen-bond acceptors (Lipinski definition) is 6. The average Bonchev–Trinajstić information content (AvgIpc) is 3.43. The quantitative estimate of drug-likeness (QED) is 0.434. The van der Waals surface area contributed by atoms with Crippen molar-refractivity contribution in [2.75, 3.05) is 44.2 Å². The highest BCUT2D eigenvalue weighted by Gasteiger charge is 2.29. The zero-order chi connectivity index (χ0) is 23.5. The number of piperazine rings is 1. The van der Waals surface area contributed by atoms with Gasteiger partial charge in [0.05, 0.1) is 10.9 Å². The molecule has 0 bridgehead atoms. The third kappa shape index (κ3) is 4.57. The predicted molar refractivity (Wildman–Crippen MR) is 138 cm³/mol. The second-order valence-electron chi connectivity index (χ2n) is 8.82. The first-order valence-corrected chi connectivity index (χ1v) is 13.0. The number of hydrogen-bond donors (Lipinski definition) is 1. The van der Waals surface area contributed by atoms with Crippen molar-refractivity contribution in [2.45, 2.75) is 36.7 Å². The lowest BCUT2D eigenvalue weighted by atomic mass is 10.1. The molecule has 0 radical (unpaired) electrons. The van der Waals surface area contributed by atoms with Gasteiger partial charge in [0.15, 0.2) is 5.16 Å². The molecule has 0 spiro atoms. The van der Waals surface area contributed by atoms with E-state index in [1.807, 2.05) is 54.3 Å². The number of nitrogens with one attached hydrogen (secondary N) is 1. The normalized spacial score (nSPS) is 17.3. The van der Waals surface area contributed by atoms with Crippen molar-refractivity contribution in [3.63, 3.8) is 0 Å². The van der Waals surface area contributed by atoms with Crippen molar-refractivity contribution in [3.8, 4) is 0 Å². The summed E-state index contributed by atoms with van der Waals surface area (Å²) >= 11 is 1.38. The molecule has 1 N–H and O–H groups in total. The average molecular weight is 478 g/mol. The summed E-state index contributed by atoms with van der Waals surface area (Å²) in [6.07, 6.45) is 2.38. The summed E-state index contributed by atoms with van der Waals surface area (Å²) in [4.78, 5) is 36.3. The van der Waals surface area contributed by atoms with Gasteiger partial charge in [-0.25, -0.2) is 4.98 Å². The fraction of sp³-hybridized carbons (Fsp3) is 0.423. The molecular formula is C26H31N5O2S. The molecular weight excluding hydrogens is 446 g/mol. The standard InChI is InChI=1S/C26H31N5O2S/c1-2-31-24(32)21-18-20(29-14-6-7-15-29)10-11-22(21)28-26(31)34-23(19-8-4-3-5-9-19)25(33)30-16-12-27-13-17-30/h3-5,8-11,18,23,27H,2,6-7,12-17H2,1H3. The Bertz CT molecular complexity index is 1220. The van der Waals surface area contributed by atoms with Gasteiger partial charge in [0, 0.05) is 51.5 Å². The zero-order valence-corrected chi connectivity index (χ0v) is 20.4. The zero-order valence-electron chi connectivity index (χ0n) is 19.6. The number of benzene rings is 2. The number of thioether (sulfide) groups is 1. The number of carbonyl (C=O) groups is 1. The number of anilines is 1. The Labute approximate surface area is 204 Å².